The van der Waals surface area contributed by atoms with Gasteiger partial charge in [-0.15, -0.1) is 24.0 Å². The van der Waals surface area contributed by atoms with E-state index in [2.05, 4.69) is 15.6 Å². The molecule has 1 heterocycles. The van der Waals surface area contributed by atoms with Crippen molar-refractivity contribution in [1.82, 2.24) is 15.5 Å². The Balaban J connectivity index is 0.00000364. The summed E-state index contributed by atoms with van der Waals surface area (Å²) in [5, 5.41) is 6.21. The van der Waals surface area contributed by atoms with Crippen LogP contribution in [-0.4, -0.2) is 56.1 Å². The molecule has 1 aromatic rings. The summed E-state index contributed by atoms with van der Waals surface area (Å²) >= 11 is 0. The molecule has 1 atom stereocenters. The predicted octanol–water partition coefficient (Wildman–Crippen LogP) is 2.78. The smallest absolute Gasteiger partial charge is 0.241 e. The van der Waals surface area contributed by atoms with E-state index in [1.165, 1.54) is 18.6 Å². The van der Waals surface area contributed by atoms with Crippen LogP contribution in [0.5, 0.6) is 5.75 Å². The van der Waals surface area contributed by atoms with Gasteiger partial charge < -0.3 is 20.3 Å². The lowest BCUT2D eigenvalue weighted by atomic mass is 10.1. The molecule has 0 spiro atoms. The van der Waals surface area contributed by atoms with Crippen molar-refractivity contribution >= 4 is 35.8 Å². The molecule has 0 bridgehead atoms. The first-order valence-electron chi connectivity index (χ1n) is 9.27. The third-order valence-electron chi connectivity index (χ3n) is 4.39. The number of guanidine groups is 1. The fraction of sp³-hybridized carbons (Fsp3) is 0.579. The first-order chi connectivity index (χ1) is 12.6. The van der Waals surface area contributed by atoms with E-state index in [1.54, 1.807) is 19.2 Å². The molecule has 0 aliphatic carbocycles. The molecule has 0 aromatic heterocycles. The van der Waals surface area contributed by atoms with Crippen molar-refractivity contribution in [3.8, 4) is 5.75 Å². The van der Waals surface area contributed by atoms with Crippen molar-refractivity contribution < 1.29 is 13.9 Å². The minimum atomic E-state index is -0.320. The minimum absolute atomic E-state index is 0. The van der Waals surface area contributed by atoms with E-state index < -0.39 is 0 Å². The fourth-order valence-electron chi connectivity index (χ4n) is 2.85. The molecule has 0 saturated carbocycles. The number of likely N-dealkylation sites (tertiary alicyclic amines) is 1. The molecule has 6 nitrogen and oxygen atoms in total. The first-order valence-corrected chi connectivity index (χ1v) is 9.27. The van der Waals surface area contributed by atoms with Crippen LogP contribution >= 0.6 is 24.0 Å². The highest BCUT2D eigenvalue weighted by atomic mass is 127. The van der Waals surface area contributed by atoms with Gasteiger partial charge in [-0.1, -0.05) is 13.0 Å². The second-order valence-electron chi connectivity index (χ2n) is 6.35. The summed E-state index contributed by atoms with van der Waals surface area (Å²) in [7, 11) is 1.66. The number of amides is 1. The maximum absolute atomic E-state index is 13.3. The van der Waals surface area contributed by atoms with E-state index in [0.29, 0.717) is 18.3 Å². The molecule has 1 saturated heterocycles. The Labute approximate surface area is 178 Å². The van der Waals surface area contributed by atoms with Crippen LogP contribution in [-0.2, 0) is 4.79 Å². The summed E-state index contributed by atoms with van der Waals surface area (Å²) in [6.07, 6.45) is 3.98. The maximum atomic E-state index is 13.3. The second kappa shape index (κ2) is 12.7. The van der Waals surface area contributed by atoms with Gasteiger partial charge in [0.25, 0.3) is 0 Å². The molecular weight excluding hydrogens is 462 g/mol. The molecule has 27 heavy (non-hydrogen) atoms. The Kier molecular flexibility index (Phi) is 11.1. The van der Waals surface area contributed by atoms with Gasteiger partial charge in [0.15, 0.2) is 5.96 Å². The van der Waals surface area contributed by atoms with E-state index in [4.69, 9.17) is 4.74 Å². The van der Waals surface area contributed by atoms with Gasteiger partial charge in [-0.2, -0.15) is 0 Å². The van der Waals surface area contributed by atoms with Crippen molar-refractivity contribution in [1.29, 1.82) is 0 Å². The van der Waals surface area contributed by atoms with Gasteiger partial charge in [0.05, 0.1) is 13.1 Å². The van der Waals surface area contributed by atoms with E-state index in [0.717, 1.165) is 32.4 Å². The van der Waals surface area contributed by atoms with Gasteiger partial charge in [-0.05, 0) is 37.8 Å². The number of nitrogens with zero attached hydrogens (tertiary/aromatic N) is 2. The zero-order valence-corrected chi connectivity index (χ0v) is 18.4. The topological polar surface area (TPSA) is 66.0 Å². The van der Waals surface area contributed by atoms with E-state index in [1.807, 2.05) is 11.8 Å². The molecule has 1 unspecified atom stereocenters. The molecule has 152 valence electrons. The molecule has 1 aliphatic heterocycles. The van der Waals surface area contributed by atoms with Gasteiger partial charge in [0.1, 0.15) is 17.7 Å². The molecule has 8 heteroatoms. The molecule has 0 radical (unpaired) electrons. The van der Waals surface area contributed by atoms with Crippen molar-refractivity contribution in [2.24, 2.45) is 4.99 Å². The largest absolute Gasteiger partial charge is 0.489 e. The van der Waals surface area contributed by atoms with Crippen molar-refractivity contribution in [2.45, 2.75) is 38.7 Å². The number of carbonyl (C=O) groups excluding carboxylic acids is 1. The van der Waals surface area contributed by atoms with Crippen LogP contribution in [0.3, 0.4) is 0 Å². The Hall–Kier alpha value is -1.58. The van der Waals surface area contributed by atoms with Gasteiger partial charge in [0, 0.05) is 26.2 Å². The Morgan fingerprint density at radius 2 is 2.04 bits per heavy atom. The van der Waals surface area contributed by atoms with Gasteiger partial charge in [-0.3, -0.25) is 9.79 Å². The van der Waals surface area contributed by atoms with E-state index in [9.17, 15) is 9.18 Å². The molecule has 1 aliphatic rings. The minimum Gasteiger partial charge on any atom is -0.489 e. The first kappa shape index (κ1) is 23.5. The summed E-state index contributed by atoms with van der Waals surface area (Å²) in [4.78, 5) is 18.2. The van der Waals surface area contributed by atoms with Crippen LogP contribution < -0.4 is 15.4 Å². The summed E-state index contributed by atoms with van der Waals surface area (Å²) < 4.78 is 19.1. The third kappa shape index (κ3) is 8.32. The molecule has 1 amide bonds. The number of ether oxygens (including phenoxy) is 1. The van der Waals surface area contributed by atoms with Gasteiger partial charge >= 0.3 is 0 Å². The maximum Gasteiger partial charge on any atom is 0.241 e. The Bertz CT molecular complexity index is 609. The highest BCUT2D eigenvalue weighted by molar-refractivity contribution is 14.0. The average Bonchev–Trinajstić information content (AvgIpc) is 2.67. The van der Waals surface area contributed by atoms with Crippen molar-refractivity contribution in [3.05, 3.63) is 30.1 Å². The molecule has 2 N–H and O–H groups in total. The van der Waals surface area contributed by atoms with Gasteiger partial charge in [0.2, 0.25) is 5.91 Å². The monoisotopic (exact) mass is 492 g/mol. The van der Waals surface area contributed by atoms with Crippen LogP contribution in [0.2, 0.25) is 0 Å². The van der Waals surface area contributed by atoms with Crippen LogP contribution in [0.25, 0.3) is 0 Å². The lowest BCUT2D eigenvalue weighted by Crippen LogP contribution is -2.47. The fourth-order valence-corrected chi connectivity index (χ4v) is 2.85. The SMILES string of the molecule is CCC(CNC(=NC)NCC(=O)N1CCCCC1)Oc1cccc(F)c1.I. The summed E-state index contributed by atoms with van der Waals surface area (Å²) in [6, 6.07) is 6.11. The van der Waals surface area contributed by atoms with Crippen LogP contribution in [0.4, 0.5) is 4.39 Å². The summed E-state index contributed by atoms with van der Waals surface area (Å²) in [5.41, 5.74) is 0. The quantitative estimate of drug-likeness (QED) is 0.349. The molecule has 2 rings (SSSR count). The highest BCUT2D eigenvalue weighted by Gasteiger charge is 2.16. The van der Waals surface area contributed by atoms with E-state index >= 15 is 0 Å². The third-order valence-corrected chi connectivity index (χ3v) is 4.39. The number of hydrogen-bond acceptors (Lipinski definition) is 3. The van der Waals surface area contributed by atoms with Crippen molar-refractivity contribution in [2.75, 3.05) is 33.2 Å². The van der Waals surface area contributed by atoms with Crippen LogP contribution in [0.15, 0.2) is 29.3 Å². The normalized spacial score (nSPS) is 15.5. The Morgan fingerprint density at radius 3 is 2.67 bits per heavy atom. The summed E-state index contributed by atoms with van der Waals surface area (Å²) in [5.74, 6) is 0.827. The average molecular weight is 492 g/mol. The summed E-state index contributed by atoms with van der Waals surface area (Å²) in [6.45, 7) is 4.41. The molecule has 1 fully saturated rings. The zero-order chi connectivity index (χ0) is 18.8. The number of nitrogens with one attached hydrogen (secondary N) is 2. The molecular formula is C19H30FIN4O2. The molecule has 1 aromatic carbocycles. The number of piperidine rings is 1. The number of halogens is 2. The number of rotatable bonds is 7. The lowest BCUT2D eigenvalue weighted by molar-refractivity contribution is -0.130. The Morgan fingerprint density at radius 1 is 1.30 bits per heavy atom. The number of hydrogen-bond donors (Lipinski definition) is 2. The predicted molar refractivity (Wildman–Crippen MR) is 116 cm³/mol. The second-order valence-corrected chi connectivity index (χ2v) is 6.35. The van der Waals surface area contributed by atoms with Gasteiger partial charge in [-0.25, -0.2) is 4.39 Å². The highest BCUT2D eigenvalue weighted by Crippen LogP contribution is 2.14. The van der Waals surface area contributed by atoms with E-state index in [-0.39, 0.29) is 48.3 Å². The van der Waals surface area contributed by atoms with Crippen LogP contribution in [0, 0.1) is 5.82 Å². The van der Waals surface area contributed by atoms with Crippen LogP contribution in [0.1, 0.15) is 32.6 Å². The standard InChI is InChI=1S/C19H29FN4O2.HI/c1-3-16(26-17-9-7-8-15(20)12-17)13-22-19(21-2)23-14-18(25)24-10-5-4-6-11-24;/h7-9,12,16H,3-6,10-11,13-14H2,1-2H3,(H2,21,22,23);1H. The van der Waals surface area contributed by atoms with Crippen molar-refractivity contribution in [3.63, 3.8) is 0 Å². The number of carbonyl (C=O) groups is 1. The lowest BCUT2D eigenvalue weighted by Gasteiger charge is -2.27. The number of benzene rings is 1. The number of aliphatic imine (C=N–C) groups is 1. The zero-order valence-electron chi connectivity index (χ0n) is 16.0.